The molecular weight excluding hydrogens is 276 g/mol. The van der Waals surface area contributed by atoms with Crippen LogP contribution in [0.2, 0.25) is 0 Å². The fourth-order valence-electron chi connectivity index (χ4n) is 1.90. The summed E-state index contributed by atoms with van der Waals surface area (Å²) in [6.45, 7) is 7.27. The number of ether oxygens (including phenoxy) is 1. The molecular formula is C14H26N2O5. The molecule has 0 aliphatic heterocycles. The van der Waals surface area contributed by atoms with Crippen molar-refractivity contribution in [3.05, 3.63) is 0 Å². The SMILES string of the molecule is CCOC(=O)C[C@@H](C)[C@@H](NC(=O)[C@@H](O)CC(C)C)C(N)=O. The molecule has 0 radical (unpaired) electrons. The second-order valence-corrected chi connectivity index (χ2v) is 5.52. The molecule has 0 saturated heterocycles. The van der Waals surface area contributed by atoms with Crippen LogP contribution < -0.4 is 11.1 Å². The van der Waals surface area contributed by atoms with Crippen LogP contribution in [0.15, 0.2) is 0 Å². The van der Waals surface area contributed by atoms with E-state index in [9.17, 15) is 19.5 Å². The molecule has 0 rings (SSSR count). The highest BCUT2D eigenvalue weighted by Crippen LogP contribution is 2.11. The molecule has 2 amide bonds. The van der Waals surface area contributed by atoms with Crippen molar-refractivity contribution in [1.29, 1.82) is 0 Å². The van der Waals surface area contributed by atoms with Gasteiger partial charge in [0.05, 0.1) is 13.0 Å². The normalized spacial score (nSPS) is 15.1. The first kappa shape index (κ1) is 19.4. The van der Waals surface area contributed by atoms with Crippen LogP contribution in [0.4, 0.5) is 0 Å². The zero-order valence-electron chi connectivity index (χ0n) is 13.1. The first-order valence-corrected chi connectivity index (χ1v) is 7.12. The minimum atomic E-state index is -1.21. The first-order valence-electron chi connectivity index (χ1n) is 7.12. The maximum absolute atomic E-state index is 11.8. The molecule has 0 aromatic rings. The summed E-state index contributed by atoms with van der Waals surface area (Å²) in [4.78, 5) is 34.7. The summed E-state index contributed by atoms with van der Waals surface area (Å²) in [5.74, 6) is -2.26. The molecule has 3 atom stereocenters. The van der Waals surface area contributed by atoms with Crippen LogP contribution >= 0.6 is 0 Å². The van der Waals surface area contributed by atoms with Crippen LogP contribution in [-0.2, 0) is 19.1 Å². The van der Waals surface area contributed by atoms with Crippen LogP contribution in [-0.4, -0.2) is 41.6 Å². The molecule has 0 fully saturated rings. The number of carbonyl (C=O) groups is 3. The van der Waals surface area contributed by atoms with Crippen molar-refractivity contribution in [3.63, 3.8) is 0 Å². The molecule has 0 aliphatic rings. The van der Waals surface area contributed by atoms with Crippen molar-refractivity contribution >= 4 is 17.8 Å². The summed E-state index contributed by atoms with van der Waals surface area (Å²) >= 11 is 0. The Morgan fingerprint density at radius 2 is 1.81 bits per heavy atom. The van der Waals surface area contributed by atoms with Gasteiger partial charge in [-0.25, -0.2) is 0 Å². The summed E-state index contributed by atoms with van der Waals surface area (Å²) in [5, 5.41) is 12.1. The van der Waals surface area contributed by atoms with Gasteiger partial charge < -0.3 is 20.9 Å². The van der Waals surface area contributed by atoms with Crippen molar-refractivity contribution in [2.75, 3.05) is 6.61 Å². The van der Waals surface area contributed by atoms with Crippen molar-refractivity contribution in [2.24, 2.45) is 17.6 Å². The van der Waals surface area contributed by atoms with Gasteiger partial charge in [-0.15, -0.1) is 0 Å². The third-order valence-electron chi connectivity index (χ3n) is 2.96. The van der Waals surface area contributed by atoms with Crippen LogP contribution in [0.1, 0.15) is 40.5 Å². The average Bonchev–Trinajstić information content (AvgIpc) is 2.34. The number of amides is 2. The van der Waals surface area contributed by atoms with Crippen molar-refractivity contribution in [3.8, 4) is 0 Å². The number of aliphatic hydroxyl groups is 1. The van der Waals surface area contributed by atoms with E-state index in [1.165, 1.54) is 0 Å². The number of nitrogens with two attached hydrogens (primary N) is 1. The van der Waals surface area contributed by atoms with Crippen LogP contribution in [0.3, 0.4) is 0 Å². The molecule has 0 spiro atoms. The minimum Gasteiger partial charge on any atom is -0.466 e. The smallest absolute Gasteiger partial charge is 0.306 e. The van der Waals surface area contributed by atoms with Gasteiger partial charge in [0.1, 0.15) is 12.1 Å². The lowest BCUT2D eigenvalue weighted by atomic mass is 9.97. The van der Waals surface area contributed by atoms with Crippen molar-refractivity contribution in [2.45, 2.75) is 52.7 Å². The first-order chi connectivity index (χ1) is 9.68. The van der Waals surface area contributed by atoms with Gasteiger partial charge in [-0.3, -0.25) is 14.4 Å². The molecule has 0 aromatic carbocycles. The van der Waals surface area contributed by atoms with E-state index in [2.05, 4.69) is 5.32 Å². The Labute approximate surface area is 125 Å². The zero-order chi connectivity index (χ0) is 16.6. The molecule has 0 unspecified atom stereocenters. The predicted molar refractivity (Wildman–Crippen MR) is 77.0 cm³/mol. The molecule has 0 aromatic heterocycles. The topological polar surface area (TPSA) is 119 Å². The zero-order valence-corrected chi connectivity index (χ0v) is 13.1. The van der Waals surface area contributed by atoms with E-state index in [1.807, 2.05) is 13.8 Å². The molecule has 0 bridgehead atoms. The highest BCUT2D eigenvalue weighted by atomic mass is 16.5. The summed E-state index contributed by atoms with van der Waals surface area (Å²) in [6, 6.07) is -1.02. The number of rotatable bonds is 9. The molecule has 7 nitrogen and oxygen atoms in total. The number of hydrogen-bond donors (Lipinski definition) is 3. The van der Waals surface area contributed by atoms with Gasteiger partial charge in [-0.05, 0) is 25.2 Å². The van der Waals surface area contributed by atoms with E-state index in [0.717, 1.165) is 0 Å². The van der Waals surface area contributed by atoms with Crippen LogP contribution in [0, 0.1) is 11.8 Å². The Morgan fingerprint density at radius 3 is 2.24 bits per heavy atom. The predicted octanol–water partition coefficient (Wildman–Crippen LogP) is -0.0472. The van der Waals surface area contributed by atoms with E-state index < -0.39 is 35.8 Å². The second-order valence-electron chi connectivity index (χ2n) is 5.52. The highest BCUT2D eigenvalue weighted by Gasteiger charge is 2.29. The average molecular weight is 302 g/mol. The third-order valence-corrected chi connectivity index (χ3v) is 2.96. The monoisotopic (exact) mass is 302 g/mol. The van der Waals surface area contributed by atoms with Crippen LogP contribution in [0.25, 0.3) is 0 Å². The number of carbonyl (C=O) groups excluding carboxylic acids is 3. The largest absolute Gasteiger partial charge is 0.466 e. The Kier molecular flexibility index (Phi) is 8.61. The number of aliphatic hydroxyl groups excluding tert-OH is 1. The highest BCUT2D eigenvalue weighted by molar-refractivity contribution is 5.89. The fourth-order valence-corrected chi connectivity index (χ4v) is 1.90. The van der Waals surface area contributed by atoms with Gasteiger partial charge in [-0.1, -0.05) is 20.8 Å². The lowest BCUT2D eigenvalue weighted by Gasteiger charge is -2.23. The maximum Gasteiger partial charge on any atom is 0.306 e. The van der Waals surface area contributed by atoms with Gasteiger partial charge in [0.25, 0.3) is 0 Å². The van der Waals surface area contributed by atoms with Gasteiger partial charge in [0.15, 0.2) is 0 Å². The van der Waals surface area contributed by atoms with Crippen molar-refractivity contribution < 1.29 is 24.2 Å². The summed E-state index contributed by atoms with van der Waals surface area (Å²) in [7, 11) is 0. The van der Waals surface area contributed by atoms with Gasteiger partial charge in [0, 0.05) is 0 Å². The molecule has 21 heavy (non-hydrogen) atoms. The number of nitrogens with one attached hydrogen (secondary N) is 1. The fraction of sp³-hybridized carbons (Fsp3) is 0.786. The lowest BCUT2D eigenvalue weighted by Crippen LogP contribution is -2.51. The standard InChI is InChI=1S/C14H26N2O5/c1-5-21-11(18)7-9(4)12(13(15)19)16-14(20)10(17)6-8(2)3/h8-10,12,17H,5-7H2,1-4H3,(H2,15,19)(H,16,20)/t9-,10+,12-/m1/s1. The van der Waals surface area contributed by atoms with Gasteiger partial charge in [-0.2, -0.15) is 0 Å². The lowest BCUT2D eigenvalue weighted by molar-refractivity contribution is -0.145. The van der Waals surface area contributed by atoms with E-state index in [1.54, 1.807) is 13.8 Å². The quantitative estimate of drug-likeness (QED) is 0.516. The molecule has 0 heterocycles. The maximum atomic E-state index is 11.8. The minimum absolute atomic E-state index is 0.0397. The van der Waals surface area contributed by atoms with E-state index in [4.69, 9.17) is 10.5 Å². The molecule has 7 heteroatoms. The molecule has 0 aliphatic carbocycles. The third kappa shape index (κ3) is 7.65. The molecule has 4 N–H and O–H groups in total. The molecule has 122 valence electrons. The summed E-state index contributed by atoms with van der Waals surface area (Å²) in [5.41, 5.74) is 5.25. The van der Waals surface area contributed by atoms with Gasteiger partial charge >= 0.3 is 5.97 Å². The number of esters is 1. The van der Waals surface area contributed by atoms with Crippen LogP contribution in [0.5, 0.6) is 0 Å². The van der Waals surface area contributed by atoms with Crippen molar-refractivity contribution in [1.82, 2.24) is 5.32 Å². The number of hydrogen-bond acceptors (Lipinski definition) is 5. The Morgan fingerprint density at radius 1 is 1.24 bits per heavy atom. The Balaban J connectivity index is 4.65. The Hall–Kier alpha value is -1.63. The van der Waals surface area contributed by atoms with E-state index in [0.29, 0.717) is 0 Å². The molecule has 0 saturated carbocycles. The summed E-state index contributed by atoms with van der Waals surface area (Å²) < 4.78 is 4.79. The van der Waals surface area contributed by atoms with Gasteiger partial charge in [0.2, 0.25) is 11.8 Å². The Bertz CT molecular complexity index is 370. The summed E-state index contributed by atoms with van der Waals surface area (Å²) in [6.07, 6.45) is -0.965. The number of primary amides is 1. The van der Waals surface area contributed by atoms with E-state index in [-0.39, 0.29) is 25.4 Å². The van der Waals surface area contributed by atoms with E-state index >= 15 is 0 Å². The second kappa shape index (κ2) is 9.33.